The maximum absolute atomic E-state index is 13.8. The molecule has 3 N–H and O–H groups in total. The molecule has 0 spiro atoms. The van der Waals surface area contributed by atoms with Gasteiger partial charge in [-0.05, 0) is 119 Å². The lowest BCUT2D eigenvalue weighted by atomic mass is 9.74. The van der Waals surface area contributed by atoms with Gasteiger partial charge in [0.1, 0.15) is 5.82 Å². The molecule has 10 aromatic rings. The van der Waals surface area contributed by atoms with Gasteiger partial charge >= 0.3 is 0 Å². The van der Waals surface area contributed by atoms with Gasteiger partial charge < -0.3 is 14.9 Å². The molecule has 0 amide bonds. The number of nitrogen functional groups attached to an aromatic ring is 1. The van der Waals surface area contributed by atoms with Crippen LogP contribution in [-0.2, 0) is 19.3 Å². The summed E-state index contributed by atoms with van der Waals surface area (Å²) in [4.78, 5) is 0. The number of allylic oxidation sites excluding steroid dienone is 1. The van der Waals surface area contributed by atoms with E-state index in [0.29, 0.717) is 23.2 Å². The Hall–Kier alpha value is -7.50. The summed E-state index contributed by atoms with van der Waals surface area (Å²) in [5.41, 5.74) is 19.5. The van der Waals surface area contributed by atoms with Crippen LogP contribution in [0.4, 0.5) is 10.1 Å². The smallest absolute Gasteiger partial charge is 0.123 e. The Balaban J connectivity index is 0.000000160. The quantitative estimate of drug-likeness (QED) is 0.132. The molecule has 0 saturated heterocycles. The fourth-order valence-electron chi connectivity index (χ4n) is 10.3. The van der Waals surface area contributed by atoms with E-state index in [4.69, 9.17) is 11.1 Å². The van der Waals surface area contributed by atoms with Crippen LogP contribution in [-0.4, -0.2) is 14.8 Å². The standard InChI is InChI=1S/C36H29FN2.C21H16N2/c37-26-16-18-28(19-17-26)39-33-12-6-4-10-29(33)31-20-14-25(23-36(31)39)24-15-21-35-32(22-24)30-11-5-7-13-34(30)38(35)27-8-2-1-3-9-27;22-19-13-12-15-7-2-4-10-17(15)20(19)21(23)18-11-5-8-14-6-1-3-9-16(14)18/h1-14,16-20,24-25H,15,21-23H2;1-13,23H,22H2. The average Bonchev–Trinajstić information content (AvgIpc) is 3.84. The lowest BCUT2D eigenvalue weighted by Crippen LogP contribution is -2.25. The Labute approximate surface area is 360 Å². The largest absolute Gasteiger partial charge is 0.398 e. The second kappa shape index (κ2) is 15.5. The summed E-state index contributed by atoms with van der Waals surface area (Å²) in [6, 6.07) is 61.4. The van der Waals surface area contributed by atoms with E-state index < -0.39 is 0 Å². The van der Waals surface area contributed by atoms with Crippen molar-refractivity contribution in [3.63, 3.8) is 0 Å². The third-order valence-electron chi connectivity index (χ3n) is 13.2. The summed E-state index contributed by atoms with van der Waals surface area (Å²) in [5, 5.41) is 15.8. The second-order valence-electron chi connectivity index (χ2n) is 16.7. The SMILES string of the molecule is Fc1ccc(-n2c3c(c4ccccc42)C=CC(C2CCc4c(c5ccccc5n4-c4ccccc4)C2)C3)cc1.N=C(c1cccc2ccccc12)c1c(N)ccc2ccccc12. The number of anilines is 1. The minimum atomic E-state index is -0.200. The number of hydrogen-bond donors (Lipinski definition) is 2. The van der Waals surface area contributed by atoms with Crippen molar-refractivity contribution >= 4 is 60.8 Å². The van der Waals surface area contributed by atoms with Gasteiger partial charge in [-0.15, -0.1) is 0 Å². The first-order chi connectivity index (χ1) is 30.5. The van der Waals surface area contributed by atoms with Gasteiger partial charge in [-0.2, -0.15) is 0 Å². The number of para-hydroxylation sites is 3. The van der Waals surface area contributed by atoms with Crippen LogP contribution in [0.15, 0.2) is 188 Å². The Morgan fingerprint density at radius 3 is 1.92 bits per heavy atom. The van der Waals surface area contributed by atoms with Gasteiger partial charge in [-0.25, -0.2) is 4.39 Å². The van der Waals surface area contributed by atoms with E-state index in [1.54, 1.807) is 12.1 Å². The van der Waals surface area contributed by atoms with Crippen LogP contribution < -0.4 is 5.73 Å². The Bertz CT molecular complexity index is 3350. The molecule has 4 nitrogen and oxygen atoms in total. The van der Waals surface area contributed by atoms with Gasteiger partial charge in [0.2, 0.25) is 0 Å². The molecule has 2 aliphatic carbocycles. The van der Waals surface area contributed by atoms with Crippen LogP contribution in [0.25, 0.3) is 60.8 Å². The number of benzene rings is 8. The van der Waals surface area contributed by atoms with Gasteiger partial charge in [-0.1, -0.05) is 140 Å². The first kappa shape index (κ1) is 37.5. The third kappa shape index (κ3) is 6.40. The minimum Gasteiger partial charge on any atom is -0.398 e. The molecule has 5 heteroatoms. The van der Waals surface area contributed by atoms with Crippen LogP contribution in [0.2, 0.25) is 0 Å². The van der Waals surface area contributed by atoms with Crippen molar-refractivity contribution in [1.29, 1.82) is 5.41 Å². The molecular formula is C57H45FN4. The third-order valence-corrected chi connectivity index (χ3v) is 13.2. The highest BCUT2D eigenvalue weighted by atomic mass is 19.1. The zero-order chi connectivity index (χ0) is 41.7. The Morgan fingerprint density at radius 1 is 0.548 bits per heavy atom. The van der Waals surface area contributed by atoms with Crippen molar-refractivity contribution in [3.8, 4) is 11.4 Å². The molecule has 2 unspecified atom stereocenters. The number of nitrogens with two attached hydrogens (primary N) is 1. The van der Waals surface area contributed by atoms with Crippen LogP contribution >= 0.6 is 0 Å². The Morgan fingerprint density at radius 2 is 1.15 bits per heavy atom. The van der Waals surface area contributed by atoms with Gasteiger partial charge in [0.15, 0.2) is 0 Å². The molecule has 12 rings (SSSR count). The van der Waals surface area contributed by atoms with Crippen LogP contribution in [0, 0.1) is 23.1 Å². The first-order valence-corrected chi connectivity index (χ1v) is 21.6. The lowest BCUT2D eigenvalue weighted by Gasteiger charge is -2.31. The van der Waals surface area contributed by atoms with E-state index in [9.17, 15) is 4.39 Å². The van der Waals surface area contributed by atoms with Crippen LogP contribution in [0.5, 0.6) is 0 Å². The van der Waals surface area contributed by atoms with Crippen molar-refractivity contribution in [2.45, 2.75) is 25.7 Å². The highest BCUT2D eigenvalue weighted by molar-refractivity contribution is 6.25. The maximum Gasteiger partial charge on any atom is 0.123 e. The summed E-state index contributed by atoms with van der Waals surface area (Å²) >= 11 is 0. The van der Waals surface area contributed by atoms with Crippen molar-refractivity contribution < 1.29 is 4.39 Å². The van der Waals surface area contributed by atoms with Crippen LogP contribution in [0.1, 0.15) is 40.1 Å². The number of hydrogen-bond acceptors (Lipinski definition) is 2. The molecule has 2 aromatic heterocycles. The van der Waals surface area contributed by atoms with E-state index in [2.05, 4.69) is 124 Å². The number of nitrogens with one attached hydrogen (secondary N) is 1. The molecule has 0 saturated carbocycles. The van der Waals surface area contributed by atoms with E-state index in [1.165, 1.54) is 56.4 Å². The van der Waals surface area contributed by atoms with E-state index in [0.717, 1.165) is 57.6 Å². The van der Waals surface area contributed by atoms with Crippen LogP contribution in [0.3, 0.4) is 0 Å². The molecule has 2 heterocycles. The molecule has 2 aliphatic rings. The zero-order valence-corrected chi connectivity index (χ0v) is 34.3. The summed E-state index contributed by atoms with van der Waals surface area (Å²) in [6.07, 6.45) is 9.18. The molecule has 0 bridgehead atoms. The Kier molecular flexibility index (Phi) is 9.38. The monoisotopic (exact) mass is 804 g/mol. The lowest BCUT2D eigenvalue weighted by molar-refractivity contribution is 0.344. The molecule has 0 aliphatic heterocycles. The number of nitrogens with zero attached hydrogens (tertiary/aromatic N) is 2. The number of halogens is 1. The van der Waals surface area contributed by atoms with Gasteiger partial charge in [0.05, 0.1) is 16.7 Å². The van der Waals surface area contributed by atoms with Crippen molar-refractivity contribution in [1.82, 2.24) is 9.13 Å². The number of rotatable bonds is 5. The molecule has 2 atom stereocenters. The predicted molar refractivity (Wildman–Crippen MR) is 256 cm³/mol. The summed E-state index contributed by atoms with van der Waals surface area (Å²) in [5.74, 6) is 0.846. The summed E-state index contributed by atoms with van der Waals surface area (Å²) in [6.45, 7) is 0. The average molecular weight is 805 g/mol. The molecule has 300 valence electrons. The minimum absolute atomic E-state index is 0.200. The van der Waals surface area contributed by atoms with Crippen molar-refractivity contribution in [2.24, 2.45) is 11.8 Å². The number of aromatic nitrogens is 2. The number of fused-ring (bicyclic) bond motifs is 8. The second-order valence-corrected chi connectivity index (χ2v) is 16.7. The zero-order valence-electron chi connectivity index (χ0n) is 34.3. The van der Waals surface area contributed by atoms with Gasteiger partial charge in [0.25, 0.3) is 0 Å². The topological polar surface area (TPSA) is 59.7 Å². The van der Waals surface area contributed by atoms with E-state index in [1.807, 2.05) is 66.7 Å². The van der Waals surface area contributed by atoms with Crippen molar-refractivity contribution in [3.05, 3.63) is 228 Å². The van der Waals surface area contributed by atoms with Crippen molar-refractivity contribution in [2.75, 3.05) is 5.73 Å². The van der Waals surface area contributed by atoms with E-state index in [-0.39, 0.29) is 5.82 Å². The fourth-order valence-corrected chi connectivity index (χ4v) is 10.3. The molecule has 8 aromatic carbocycles. The van der Waals surface area contributed by atoms with E-state index >= 15 is 0 Å². The molecule has 62 heavy (non-hydrogen) atoms. The van der Waals surface area contributed by atoms with Gasteiger partial charge in [-0.3, -0.25) is 5.41 Å². The normalized spacial score (nSPS) is 15.6. The highest BCUT2D eigenvalue weighted by Gasteiger charge is 2.33. The van der Waals surface area contributed by atoms with Gasteiger partial charge in [0, 0.05) is 55.9 Å². The molecule has 0 fully saturated rings. The first-order valence-electron chi connectivity index (χ1n) is 21.6. The summed E-state index contributed by atoms with van der Waals surface area (Å²) in [7, 11) is 0. The summed E-state index contributed by atoms with van der Waals surface area (Å²) < 4.78 is 18.7. The maximum atomic E-state index is 13.8. The molecule has 0 radical (unpaired) electrons. The molecular weight excluding hydrogens is 760 g/mol. The predicted octanol–water partition coefficient (Wildman–Crippen LogP) is 13.7. The fraction of sp³-hybridized carbons (Fsp3) is 0.105. The highest BCUT2D eigenvalue weighted by Crippen LogP contribution is 2.43.